The molecule has 0 radical (unpaired) electrons. The highest BCUT2D eigenvalue weighted by Gasteiger charge is 2.17. The van der Waals surface area contributed by atoms with E-state index in [9.17, 15) is 5.11 Å². The van der Waals surface area contributed by atoms with E-state index in [2.05, 4.69) is 5.32 Å². The number of rotatable bonds is 6. The fourth-order valence-electron chi connectivity index (χ4n) is 2.09. The molecule has 0 saturated heterocycles. The maximum atomic E-state index is 10.0. The molecule has 1 atom stereocenters. The summed E-state index contributed by atoms with van der Waals surface area (Å²) in [4.78, 5) is 0. The lowest BCUT2D eigenvalue weighted by molar-refractivity contribution is 0.168. The van der Waals surface area contributed by atoms with Gasteiger partial charge in [0, 0.05) is 6.54 Å². The van der Waals surface area contributed by atoms with E-state index >= 15 is 0 Å². The minimum atomic E-state index is -0.454. The fraction of sp³-hybridized carbons (Fsp3) is 0.571. The third kappa shape index (κ3) is 3.45. The average Bonchev–Trinajstić information content (AvgIpc) is 2.32. The molecule has 0 amide bonds. The number of aliphatic hydroxyl groups is 1. The summed E-state index contributed by atoms with van der Waals surface area (Å²) >= 11 is 0. The Balaban J connectivity index is 1.78. The summed E-state index contributed by atoms with van der Waals surface area (Å²) < 4.78 is 5.14. The van der Waals surface area contributed by atoms with E-state index < -0.39 is 6.10 Å². The third-order valence-corrected chi connectivity index (χ3v) is 3.47. The Bertz CT molecular complexity index is 350. The molecule has 0 aliphatic heterocycles. The summed E-state index contributed by atoms with van der Waals surface area (Å²) in [6.45, 7) is 1.64. The fourth-order valence-corrected chi connectivity index (χ4v) is 2.09. The highest BCUT2D eigenvalue weighted by molar-refractivity contribution is 5.29. The molecule has 3 nitrogen and oxygen atoms in total. The normalized spacial score (nSPS) is 17.5. The second-order valence-corrected chi connectivity index (χ2v) is 4.75. The van der Waals surface area contributed by atoms with Crippen molar-refractivity contribution in [2.75, 3.05) is 20.2 Å². The maximum Gasteiger partial charge on any atom is 0.119 e. The standard InChI is InChI=1S/C14H21NO2/c1-17-13-7-3-6-12(8-13)14(16)10-15-9-11-4-2-5-11/h3,6-8,11,14-16H,2,4-5,9-10H2,1H3. The molecule has 1 aliphatic rings. The molecule has 1 aromatic rings. The van der Waals surface area contributed by atoms with Crippen LogP contribution in [0.2, 0.25) is 0 Å². The van der Waals surface area contributed by atoms with Crippen LogP contribution >= 0.6 is 0 Å². The molecule has 1 aliphatic carbocycles. The van der Waals surface area contributed by atoms with Gasteiger partial charge in [0.25, 0.3) is 0 Å². The molecule has 0 spiro atoms. The predicted octanol–water partition coefficient (Wildman–Crippen LogP) is 2.12. The zero-order valence-corrected chi connectivity index (χ0v) is 10.4. The SMILES string of the molecule is COc1cccc(C(O)CNCC2CCC2)c1. The van der Waals surface area contributed by atoms with Crippen LogP contribution in [0.5, 0.6) is 5.75 Å². The average molecular weight is 235 g/mol. The minimum absolute atomic E-state index is 0.454. The monoisotopic (exact) mass is 235 g/mol. The van der Waals surface area contributed by atoms with Crippen molar-refractivity contribution in [2.24, 2.45) is 5.92 Å². The van der Waals surface area contributed by atoms with E-state index in [1.165, 1.54) is 19.3 Å². The molecule has 3 heteroatoms. The van der Waals surface area contributed by atoms with Gasteiger partial charge in [-0.25, -0.2) is 0 Å². The number of aliphatic hydroxyl groups excluding tert-OH is 1. The second kappa shape index (κ2) is 6.03. The number of methoxy groups -OCH3 is 1. The summed E-state index contributed by atoms with van der Waals surface area (Å²) in [6, 6.07) is 7.61. The Kier molecular flexibility index (Phi) is 4.40. The second-order valence-electron chi connectivity index (χ2n) is 4.75. The van der Waals surface area contributed by atoms with Gasteiger partial charge in [0.1, 0.15) is 5.75 Å². The molecule has 1 aromatic carbocycles. The lowest BCUT2D eigenvalue weighted by atomic mass is 9.85. The van der Waals surface area contributed by atoms with Gasteiger partial charge in [-0.2, -0.15) is 0 Å². The van der Waals surface area contributed by atoms with Crippen LogP contribution in [0.25, 0.3) is 0 Å². The van der Waals surface area contributed by atoms with E-state index in [1.54, 1.807) is 7.11 Å². The van der Waals surface area contributed by atoms with Crippen LogP contribution in [0.4, 0.5) is 0 Å². The number of hydrogen-bond acceptors (Lipinski definition) is 3. The minimum Gasteiger partial charge on any atom is -0.497 e. The van der Waals surface area contributed by atoms with Gasteiger partial charge in [-0.15, -0.1) is 0 Å². The molecule has 1 saturated carbocycles. The first-order valence-corrected chi connectivity index (χ1v) is 6.32. The predicted molar refractivity (Wildman–Crippen MR) is 68.2 cm³/mol. The summed E-state index contributed by atoms with van der Waals surface area (Å²) in [7, 11) is 1.64. The topological polar surface area (TPSA) is 41.5 Å². The van der Waals surface area contributed by atoms with Gasteiger partial charge in [-0.3, -0.25) is 0 Å². The van der Waals surface area contributed by atoms with E-state index in [0.29, 0.717) is 6.54 Å². The number of ether oxygens (including phenoxy) is 1. The van der Waals surface area contributed by atoms with Gasteiger partial charge in [-0.05, 0) is 43.0 Å². The summed E-state index contributed by atoms with van der Waals surface area (Å²) in [5.74, 6) is 1.62. The Morgan fingerprint density at radius 2 is 2.29 bits per heavy atom. The lowest BCUT2D eigenvalue weighted by Crippen LogP contribution is -2.30. The summed E-state index contributed by atoms with van der Waals surface area (Å²) in [5, 5.41) is 13.4. The van der Waals surface area contributed by atoms with E-state index in [1.807, 2.05) is 24.3 Å². The Hall–Kier alpha value is -1.06. The highest BCUT2D eigenvalue weighted by atomic mass is 16.5. The number of hydrogen-bond donors (Lipinski definition) is 2. The molecular weight excluding hydrogens is 214 g/mol. The molecular formula is C14H21NO2. The number of nitrogens with one attached hydrogen (secondary N) is 1. The first-order chi connectivity index (χ1) is 8.29. The van der Waals surface area contributed by atoms with Gasteiger partial charge >= 0.3 is 0 Å². The van der Waals surface area contributed by atoms with Crippen LogP contribution in [0.1, 0.15) is 30.9 Å². The van der Waals surface area contributed by atoms with Crippen molar-refractivity contribution >= 4 is 0 Å². The quantitative estimate of drug-likeness (QED) is 0.793. The van der Waals surface area contributed by atoms with Crippen molar-refractivity contribution in [3.63, 3.8) is 0 Å². The van der Waals surface area contributed by atoms with E-state index in [4.69, 9.17) is 4.74 Å². The molecule has 0 bridgehead atoms. The molecule has 94 valence electrons. The maximum absolute atomic E-state index is 10.0. The van der Waals surface area contributed by atoms with Crippen LogP contribution in [-0.4, -0.2) is 25.3 Å². The Morgan fingerprint density at radius 1 is 1.47 bits per heavy atom. The van der Waals surface area contributed by atoms with Crippen LogP contribution in [0, 0.1) is 5.92 Å². The van der Waals surface area contributed by atoms with Gasteiger partial charge in [0.15, 0.2) is 0 Å². The first-order valence-electron chi connectivity index (χ1n) is 6.32. The molecule has 1 unspecified atom stereocenters. The molecule has 17 heavy (non-hydrogen) atoms. The first kappa shape index (κ1) is 12.4. The van der Waals surface area contributed by atoms with Crippen molar-refractivity contribution in [3.05, 3.63) is 29.8 Å². The molecule has 2 N–H and O–H groups in total. The highest BCUT2D eigenvalue weighted by Crippen LogP contribution is 2.25. The van der Waals surface area contributed by atoms with Crippen molar-refractivity contribution in [1.82, 2.24) is 5.32 Å². The van der Waals surface area contributed by atoms with Gasteiger partial charge in [-0.1, -0.05) is 18.6 Å². The van der Waals surface area contributed by atoms with Crippen LogP contribution in [0.15, 0.2) is 24.3 Å². The Labute approximate surface area is 103 Å². The third-order valence-electron chi connectivity index (χ3n) is 3.47. The zero-order valence-electron chi connectivity index (χ0n) is 10.4. The zero-order chi connectivity index (χ0) is 12.1. The molecule has 0 heterocycles. The van der Waals surface area contributed by atoms with Gasteiger partial charge < -0.3 is 15.2 Å². The van der Waals surface area contributed by atoms with Crippen molar-refractivity contribution < 1.29 is 9.84 Å². The largest absolute Gasteiger partial charge is 0.497 e. The van der Waals surface area contributed by atoms with Crippen molar-refractivity contribution in [2.45, 2.75) is 25.4 Å². The van der Waals surface area contributed by atoms with E-state index in [0.717, 1.165) is 23.8 Å². The van der Waals surface area contributed by atoms with Crippen LogP contribution < -0.4 is 10.1 Å². The summed E-state index contributed by atoms with van der Waals surface area (Å²) in [6.07, 6.45) is 3.58. The van der Waals surface area contributed by atoms with Crippen LogP contribution in [0.3, 0.4) is 0 Å². The smallest absolute Gasteiger partial charge is 0.119 e. The Morgan fingerprint density at radius 3 is 2.94 bits per heavy atom. The van der Waals surface area contributed by atoms with Gasteiger partial charge in [0.05, 0.1) is 13.2 Å². The molecule has 2 rings (SSSR count). The molecule has 1 fully saturated rings. The molecule has 0 aromatic heterocycles. The van der Waals surface area contributed by atoms with Gasteiger partial charge in [0.2, 0.25) is 0 Å². The van der Waals surface area contributed by atoms with E-state index in [-0.39, 0.29) is 0 Å². The van der Waals surface area contributed by atoms with Crippen molar-refractivity contribution in [1.29, 1.82) is 0 Å². The van der Waals surface area contributed by atoms with Crippen molar-refractivity contribution in [3.8, 4) is 5.75 Å². The van der Waals surface area contributed by atoms with Crippen LogP contribution in [-0.2, 0) is 0 Å². The lowest BCUT2D eigenvalue weighted by Gasteiger charge is -2.26. The number of benzene rings is 1. The summed E-state index contributed by atoms with van der Waals surface area (Å²) in [5.41, 5.74) is 0.908.